The molecule has 1 fully saturated rings. The highest BCUT2D eigenvalue weighted by atomic mass is 16.5. The Bertz CT molecular complexity index is 155. The van der Waals surface area contributed by atoms with E-state index in [1.165, 1.54) is 0 Å². The summed E-state index contributed by atoms with van der Waals surface area (Å²) < 4.78 is 4.77. The number of carbonyl (C=O) groups excluding carboxylic acids is 1. The van der Waals surface area contributed by atoms with Crippen LogP contribution in [0.25, 0.3) is 0 Å². The van der Waals surface area contributed by atoms with E-state index >= 15 is 0 Å². The molecule has 3 heteroatoms. The molecule has 1 rings (SSSR count). The van der Waals surface area contributed by atoms with E-state index in [9.17, 15) is 4.79 Å². The van der Waals surface area contributed by atoms with Crippen molar-refractivity contribution in [2.45, 2.75) is 6.42 Å². The minimum Gasteiger partial charge on any atom is -0.380 e. The number of ketones is 1. The van der Waals surface area contributed by atoms with E-state index in [0.29, 0.717) is 13.2 Å². The molecule has 48 valence electrons. The number of carbonyl (C=O) groups is 1. The number of hydrogen-bond donors (Lipinski definition) is 0. The molecule has 0 bridgehead atoms. The Morgan fingerprint density at radius 3 is 2.78 bits per heavy atom. The molecule has 0 unspecified atom stereocenters. The van der Waals surface area contributed by atoms with Crippen molar-refractivity contribution in [1.29, 1.82) is 5.26 Å². The zero-order chi connectivity index (χ0) is 6.69. The van der Waals surface area contributed by atoms with Crippen LogP contribution >= 0.6 is 0 Å². The second kappa shape index (κ2) is 2.60. The van der Waals surface area contributed by atoms with Gasteiger partial charge >= 0.3 is 0 Å². The van der Waals surface area contributed by atoms with Crippen LogP contribution in [-0.4, -0.2) is 19.0 Å². The highest BCUT2D eigenvalue weighted by molar-refractivity contribution is 5.83. The molecule has 1 aliphatic rings. The standard InChI is InChI=1S/C6H7NO2/c7-2-1-6(8)5-3-9-4-5/h5H,1,3-4H2. The first-order valence-electron chi connectivity index (χ1n) is 2.82. The van der Waals surface area contributed by atoms with Crippen LogP contribution in [0.5, 0.6) is 0 Å². The summed E-state index contributed by atoms with van der Waals surface area (Å²) in [6.45, 7) is 1.03. The average Bonchev–Trinajstić information content (AvgIpc) is 1.60. The van der Waals surface area contributed by atoms with Crippen molar-refractivity contribution in [3.8, 4) is 6.07 Å². The minimum absolute atomic E-state index is 0.0174. The Balaban J connectivity index is 2.26. The zero-order valence-electron chi connectivity index (χ0n) is 4.96. The first kappa shape index (κ1) is 6.24. The lowest BCUT2D eigenvalue weighted by Crippen LogP contribution is -2.34. The van der Waals surface area contributed by atoms with Crippen LogP contribution in [0.15, 0.2) is 0 Å². The quantitative estimate of drug-likeness (QED) is 0.526. The fraction of sp³-hybridized carbons (Fsp3) is 0.667. The monoisotopic (exact) mass is 125 g/mol. The Labute approximate surface area is 53.2 Å². The molecule has 0 aliphatic carbocycles. The fourth-order valence-corrected chi connectivity index (χ4v) is 0.644. The van der Waals surface area contributed by atoms with Gasteiger partial charge in [0.25, 0.3) is 0 Å². The molecule has 0 aromatic carbocycles. The van der Waals surface area contributed by atoms with Gasteiger partial charge in [0.2, 0.25) is 0 Å². The third-order valence-corrected chi connectivity index (χ3v) is 1.35. The average molecular weight is 125 g/mol. The number of nitriles is 1. The maximum Gasteiger partial charge on any atom is 0.154 e. The Kier molecular flexibility index (Phi) is 1.81. The first-order chi connectivity index (χ1) is 4.34. The van der Waals surface area contributed by atoms with Crippen LogP contribution in [0.4, 0.5) is 0 Å². The first-order valence-corrected chi connectivity index (χ1v) is 2.82. The summed E-state index contributed by atoms with van der Waals surface area (Å²) in [6.07, 6.45) is 0.0357. The van der Waals surface area contributed by atoms with Crippen LogP contribution < -0.4 is 0 Å². The largest absolute Gasteiger partial charge is 0.380 e. The third-order valence-electron chi connectivity index (χ3n) is 1.35. The Morgan fingerprint density at radius 2 is 2.44 bits per heavy atom. The number of rotatable bonds is 2. The number of ether oxygens (including phenoxy) is 1. The second-order valence-corrected chi connectivity index (χ2v) is 2.04. The van der Waals surface area contributed by atoms with Crippen molar-refractivity contribution in [2.24, 2.45) is 5.92 Å². The van der Waals surface area contributed by atoms with E-state index in [0.717, 1.165) is 0 Å². The molecule has 1 heterocycles. The zero-order valence-corrected chi connectivity index (χ0v) is 4.96. The maximum atomic E-state index is 10.7. The van der Waals surface area contributed by atoms with Gasteiger partial charge < -0.3 is 4.74 Å². The smallest absolute Gasteiger partial charge is 0.154 e. The minimum atomic E-state index is 0.0174. The summed E-state index contributed by atoms with van der Waals surface area (Å²) >= 11 is 0. The fourth-order valence-electron chi connectivity index (χ4n) is 0.644. The third kappa shape index (κ3) is 1.27. The molecule has 0 aromatic heterocycles. The van der Waals surface area contributed by atoms with E-state index in [1.807, 2.05) is 6.07 Å². The summed E-state index contributed by atoms with van der Waals surface area (Å²) in [6, 6.07) is 1.81. The molecule has 0 amide bonds. The summed E-state index contributed by atoms with van der Waals surface area (Å²) in [5, 5.41) is 8.09. The molecule has 1 saturated heterocycles. The SMILES string of the molecule is N#CCC(=O)C1COC1. The van der Waals surface area contributed by atoms with Crippen molar-refractivity contribution in [1.82, 2.24) is 0 Å². The van der Waals surface area contributed by atoms with Crippen LogP contribution in [0.2, 0.25) is 0 Å². The normalized spacial score (nSPS) is 18.1. The van der Waals surface area contributed by atoms with E-state index < -0.39 is 0 Å². The van der Waals surface area contributed by atoms with E-state index in [-0.39, 0.29) is 18.1 Å². The predicted octanol–water partition coefficient (Wildman–Crippen LogP) is 0.116. The van der Waals surface area contributed by atoms with Crippen LogP contribution in [0, 0.1) is 17.2 Å². The van der Waals surface area contributed by atoms with Gasteiger partial charge in [-0.1, -0.05) is 0 Å². The van der Waals surface area contributed by atoms with Crippen molar-refractivity contribution in [3.63, 3.8) is 0 Å². The molecule has 0 aromatic rings. The van der Waals surface area contributed by atoms with Crippen molar-refractivity contribution in [3.05, 3.63) is 0 Å². The summed E-state index contributed by atoms with van der Waals surface area (Å²) in [7, 11) is 0. The highest BCUT2D eigenvalue weighted by Crippen LogP contribution is 2.11. The molecule has 0 spiro atoms. The molecular formula is C6H7NO2. The number of Topliss-reactive ketones (excluding diaryl/α,β-unsaturated/α-hetero) is 1. The van der Waals surface area contributed by atoms with Gasteiger partial charge in [0.05, 0.1) is 31.6 Å². The summed E-state index contributed by atoms with van der Waals surface area (Å²) in [5.74, 6) is 0.0356. The van der Waals surface area contributed by atoms with Gasteiger partial charge in [-0.2, -0.15) is 5.26 Å². The summed E-state index contributed by atoms with van der Waals surface area (Å²) in [4.78, 5) is 10.7. The molecule has 0 saturated carbocycles. The predicted molar refractivity (Wildman–Crippen MR) is 29.5 cm³/mol. The molecule has 1 aliphatic heterocycles. The van der Waals surface area contributed by atoms with Crippen LogP contribution in [0.3, 0.4) is 0 Å². The van der Waals surface area contributed by atoms with Gasteiger partial charge in [0, 0.05) is 0 Å². The Hall–Kier alpha value is -0.880. The van der Waals surface area contributed by atoms with Crippen LogP contribution in [0.1, 0.15) is 6.42 Å². The van der Waals surface area contributed by atoms with Gasteiger partial charge in [-0.05, 0) is 0 Å². The lowest BCUT2D eigenvalue weighted by molar-refractivity contribution is -0.135. The summed E-state index contributed by atoms with van der Waals surface area (Å²) in [5.41, 5.74) is 0. The lowest BCUT2D eigenvalue weighted by Gasteiger charge is -2.23. The highest BCUT2D eigenvalue weighted by Gasteiger charge is 2.25. The van der Waals surface area contributed by atoms with Gasteiger partial charge in [-0.15, -0.1) is 0 Å². The van der Waals surface area contributed by atoms with Gasteiger partial charge in [-0.3, -0.25) is 4.79 Å². The molecule has 0 atom stereocenters. The van der Waals surface area contributed by atoms with Crippen molar-refractivity contribution in [2.75, 3.05) is 13.2 Å². The van der Waals surface area contributed by atoms with Crippen LogP contribution in [-0.2, 0) is 9.53 Å². The van der Waals surface area contributed by atoms with E-state index in [2.05, 4.69) is 0 Å². The molecular weight excluding hydrogens is 118 g/mol. The van der Waals surface area contributed by atoms with Gasteiger partial charge in [-0.25, -0.2) is 0 Å². The van der Waals surface area contributed by atoms with Crippen molar-refractivity contribution >= 4 is 5.78 Å². The maximum absolute atomic E-state index is 10.7. The van der Waals surface area contributed by atoms with Gasteiger partial charge in [0.15, 0.2) is 5.78 Å². The molecule has 3 nitrogen and oxygen atoms in total. The Morgan fingerprint density at radius 1 is 1.78 bits per heavy atom. The van der Waals surface area contributed by atoms with E-state index in [4.69, 9.17) is 10.00 Å². The molecule has 0 N–H and O–H groups in total. The molecule has 0 radical (unpaired) electrons. The second-order valence-electron chi connectivity index (χ2n) is 2.04. The topological polar surface area (TPSA) is 50.1 Å². The lowest BCUT2D eigenvalue weighted by atomic mass is 10.0. The van der Waals surface area contributed by atoms with E-state index in [1.54, 1.807) is 0 Å². The van der Waals surface area contributed by atoms with Crippen molar-refractivity contribution < 1.29 is 9.53 Å². The molecule has 9 heavy (non-hydrogen) atoms. The number of hydrogen-bond acceptors (Lipinski definition) is 3. The number of nitrogens with zero attached hydrogens (tertiary/aromatic N) is 1. The van der Waals surface area contributed by atoms with Gasteiger partial charge in [0.1, 0.15) is 0 Å².